The molecule has 2 unspecified atom stereocenters. The van der Waals surface area contributed by atoms with Crippen LogP contribution in [0.15, 0.2) is 24.3 Å². The molecule has 2 atom stereocenters. The molecule has 0 spiro atoms. The first kappa shape index (κ1) is 14.2. The molecule has 0 saturated carbocycles. The van der Waals surface area contributed by atoms with Crippen LogP contribution >= 0.6 is 0 Å². The van der Waals surface area contributed by atoms with Crippen LogP contribution in [0.5, 0.6) is 0 Å². The summed E-state index contributed by atoms with van der Waals surface area (Å²) in [7, 11) is 1.96. The summed E-state index contributed by atoms with van der Waals surface area (Å²) in [4.78, 5) is 0. The van der Waals surface area contributed by atoms with E-state index in [9.17, 15) is 4.39 Å². The quantitative estimate of drug-likeness (QED) is 0.745. The Morgan fingerprint density at radius 3 is 2.59 bits per heavy atom. The summed E-state index contributed by atoms with van der Waals surface area (Å²) in [5, 5.41) is 3.34. The van der Waals surface area contributed by atoms with E-state index in [-0.39, 0.29) is 11.9 Å². The molecule has 0 amide bonds. The summed E-state index contributed by atoms with van der Waals surface area (Å²) in [5.41, 5.74) is 1.07. The second-order valence-corrected chi connectivity index (χ2v) is 4.63. The van der Waals surface area contributed by atoms with Gasteiger partial charge in [-0.05, 0) is 37.1 Å². The van der Waals surface area contributed by atoms with E-state index in [1.807, 2.05) is 13.1 Å². The maximum Gasteiger partial charge on any atom is 0.123 e. The highest BCUT2D eigenvalue weighted by atomic mass is 19.1. The first-order valence-corrected chi connectivity index (χ1v) is 6.65. The van der Waals surface area contributed by atoms with Crippen LogP contribution in [0.4, 0.5) is 4.39 Å². The van der Waals surface area contributed by atoms with E-state index in [4.69, 9.17) is 0 Å². The van der Waals surface area contributed by atoms with Crippen molar-refractivity contribution in [3.8, 4) is 0 Å². The average Bonchev–Trinajstić information content (AvgIpc) is 2.34. The van der Waals surface area contributed by atoms with Gasteiger partial charge >= 0.3 is 0 Å². The molecule has 0 saturated heterocycles. The third-order valence-corrected chi connectivity index (χ3v) is 3.44. The molecular weight excluding hydrogens is 213 g/mol. The van der Waals surface area contributed by atoms with Gasteiger partial charge in [0.05, 0.1) is 0 Å². The van der Waals surface area contributed by atoms with Crippen molar-refractivity contribution >= 4 is 0 Å². The molecular formula is C15H24FN. The van der Waals surface area contributed by atoms with Crippen LogP contribution in [0, 0.1) is 11.7 Å². The monoisotopic (exact) mass is 237 g/mol. The van der Waals surface area contributed by atoms with Crippen molar-refractivity contribution in [1.82, 2.24) is 5.32 Å². The summed E-state index contributed by atoms with van der Waals surface area (Å²) < 4.78 is 13.3. The second-order valence-electron chi connectivity index (χ2n) is 4.63. The molecule has 96 valence electrons. The molecule has 1 rings (SSSR count). The van der Waals surface area contributed by atoms with Crippen molar-refractivity contribution in [2.24, 2.45) is 5.92 Å². The minimum absolute atomic E-state index is 0.145. The SMILES string of the molecule is CCCCC(CC)C(NC)c1cccc(F)c1. The van der Waals surface area contributed by atoms with E-state index in [1.165, 1.54) is 25.3 Å². The zero-order chi connectivity index (χ0) is 12.7. The summed E-state index contributed by atoms with van der Waals surface area (Å²) in [6, 6.07) is 7.22. The van der Waals surface area contributed by atoms with Crippen LogP contribution in [0.2, 0.25) is 0 Å². The summed E-state index contributed by atoms with van der Waals surface area (Å²) >= 11 is 0. The van der Waals surface area contributed by atoms with Crippen LogP contribution in [0.1, 0.15) is 51.1 Å². The maximum atomic E-state index is 13.3. The van der Waals surface area contributed by atoms with Crippen LogP contribution < -0.4 is 5.32 Å². The van der Waals surface area contributed by atoms with Gasteiger partial charge in [0.25, 0.3) is 0 Å². The lowest BCUT2D eigenvalue weighted by Crippen LogP contribution is -2.25. The molecule has 1 nitrogen and oxygen atoms in total. The molecule has 0 radical (unpaired) electrons. The molecule has 0 aromatic heterocycles. The average molecular weight is 237 g/mol. The molecule has 2 heteroatoms. The Kier molecular flexibility index (Phi) is 6.20. The van der Waals surface area contributed by atoms with Gasteiger partial charge in [0, 0.05) is 6.04 Å². The molecule has 1 aromatic rings. The van der Waals surface area contributed by atoms with Crippen molar-refractivity contribution in [2.45, 2.75) is 45.6 Å². The molecule has 0 aliphatic rings. The fraction of sp³-hybridized carbons (Fsp3) is 0.600. The number of unbranched alkanes of at least 4 members (excludes halogenated alkanes) is 1. The van der Waals surface area contributed by atoms with E-state index in [0.717, 1.165) is 12.0 Å². The van der Waals surface area contributed by atoms with Gasteiger partial charge in [-0.15, -0.1) is 0 Å². The summed E-state index contributed by atoms with van der Waals surface area (Å²) in [6.07, 6.45) is 4.79. The summed E-state index contributed by atoms with van der Waals surface area (Å²) in [6.45, 7) is 4.42. The number of rotatable bonds is 7. The Morgan fingerprint density at radius 1 is 1.29 bits per heavy atom. The van der Waals surface area contributed by atoms with E-state index in [0.29, 0.717) is 5.92 Å². The third-order valence-electron chi connectivity index (χ3n) is 3.44. The zero-order valence-corrected chi connectivity index (χ0v) is 11.2. The van der Waals surface area contributed by atoms with Crippen LogP contribution in [0.3, 0.4) is 0 Å². The highest BCUT2D eigenvalue weighted by Gasteiger charge is 2.19. The Bertz CT molecular complexity index is 324. The fourth-order valence-corrected chi connectivity index (χ4v) is 2.45. The predicted octanol–water partition coefficient (Wildman–Crippen LogP) is 4.30. The van der Waals surface area contributed by atoms with Crippen molar-refractivity contribution in [3.63, 3.8) is 0 Å². The fourth-order valence-electron chi connectivity index (χ4n) is 2.45. The Morgan fingerprint density at radius 2 is 2.06 bits per heavy atom. The molecule has 0 aliphatic carbocycles. The summed E-state index contributed by atoms with van der Waals surface area (Å²) in [5.74, 6) is 0.440. The predicted molar refractivity (Wildman–Crippen MR) is 71.5 cm³/mol. The van der Waals surface area contributed by atoms with E-state index in [1.54, 1.807) is 12.1 Å². The first-order chi connectivity index (χ1) is 8.22. The van der Waals surface area contributed by atoms with Crippen molar-refractivity contribution in [2.75, 3.05) is 7.05 Å². The van der Waals surface area contributed by atoms with Gasteiger partial charge in [0.1, 0.15) is 5.82 Å². The van der Waals surface area contributed by atoms with Crippen molar-refractivity contribution < 1.29 is 4.39 Å². The minimum Gasteiger partial charge on any atom is -0.313 e. The van der Waals surface area contributed by atoms with E-state index in [2.05, 4.69) is 19.2 Å². The van der Waals surface area contributed by atoms with Crippen LogP contribution in [-0.2, 0) is 0 Å². The maximum absolute atomic E-state index is 13.3. The van der Waals surface area contributed by atoms with Gasteiger partial charge in [-0.2, -0.15) is 0 Å². The number of benzene rings is 1. The smallest absolute Gasteiger partial charge is 0.123 e. The molecule has 0 fully saturated rings. The van der Waals surface area contributed by atoms with E-state index < -0.39 is 0 Å². The zero-order valence-electron chi connectivity index (χ0n) is 11.2. The third kappa shape index (κ3) is 4.12. The highest BCUT2D eigenvalue weighted by molar-refractivity contribution is 5.20. The molecule has 1 N–H and O–H groups in total. The Balaban J connectivity index is 2.81. The topological polar surface area (TPSA) is 12.0 Å². The van der Waals surface area contributed by atoms with Gasteiger partial charge in [0.15, 0.2) is 0 Å². The lowest BCUT2D eigenvalue weighted by atomic mass is 9.87. The molecule has 0 bridgehead atoms. The largest absolute Gasteiger partial charge is 0.313 e. The van der Waals surface area contributed by atoms with E-state index >= 15 is 0 Å². The van der Waals surface area contributed by atoms with Gasteiger partial charge < -0.3 is 5.32 Å². The Labute approximate surface area is 104 Å². The lowest BCUT2D eigenvalue weighted by molar-refractivity contribution is 0.338. The standard InChI is InChI=1S/C15H24FN/c1-4-6-8-12(5-2)15(17-3)13-9-7-10-14(16)11-13/h7,9-12,15,17H,4-6,8H2,1-3H3. The highest BCUT2D eigenvalue weighted by Crippen LogP contribution is 2.28. The molecule has 0 aliphatic heterocycles. The number of hydrogen-bond donors (Lipinski definition) is 1. The number of hydrogen-bond acceptors (Lipinski definition) is 1. The lowest BCUT2D eigenvalue weighted by Gasteiger charge is -2.26. The van der Waals surface area contributed by atoms with Crippen LogP contribution in [-0.4, -0.2) is 7.05 Å². The number of halogens is 1. The first-order valence-electron chi connectivity index (χ1n) is 6.65. The van der Waals surface area contributed by atoms with Gasteiger partial charge in [0.2, 0.25) is 0 Å². The van der Waals surface area contributed by atoms with Crippen LogP contribution in [0.25, 0.3) is 0 Å². The normalized spacial score (nSPS) is 14.6. The molecule has 0 heterocycles. The van der Waals surface area contributed by atoms with Gasteiger partial charge in [-0.3, -0.25) is 0 Å². The Hall–Kier alpha value is -0.890. The minimum atomic E-state index is -0.145. The van der Waals surface area contributed by atoms with Crippen molar-refractivity contribution in [3.05, 3.63) is 35.6 Å². The number of nitrogens with one attached hydrogen (secondary N) is 1. The van der Waals surface area contributed by atoms with Gasteiger partial charge in [-0.25, -0.2) is 4.39 Å². The van der Waals surface area contributed by atoms with Gasteiger partial charge in [-0.1, -0.05) is 45.2 Å². The molecule has 17 heavy (non-hydrogen) atoms. The molecule has 1 aromatic carbocycles. The van der Waals surface area contributed by atoms with Crippen molar-refractivity contribution in [1.29, 1.82) is 0 Å². The second kappa shape index (κ2) is 7.44.